The van der Waals surface area contributed by atoms with E-state index >= 15 is 0 Å². The van der Waals surface area contributed by atoms with E-state index in [9.17, 15) is 0 Å². The van der Waals surface area contributed by atoms with Gasteiger partial charge in [0.05, 0.1) is 0 Å². The first-order valence-electron chi connectivity index (χ1n) is 4.96. The predicted molar refractivity (Wildman–Crippen MR) is 69.6 cm³/mol. The fraction of sp³-hybridized carbons (Fsp3) is 0.143. The van der Waals surface area contributed by atoms with Crippen molar-refractivity contribution in [3.8, 4) is 0 Å². The summed E-state index contributed by atoms with van der Waals surface area (Å²) in [7, 11) is 0. The molecule has 0 N–H and O–H groups in total. The molecule has 0 amide bonds. The van der Waals surface area contributed by atoms with Gasteiger partial charge in [0.2, 0.25) is 0 Å². The fourth-order valence-corrected chi connectivity index (χ4v) is 1.23. The quantitative estimate of drug-likeness (QED) is 0.624. The average Bonchev–Trinajstić information content (AvgIpc) is 2.25. The Balaban J connectivity index is 0.000000151. The number of benzene rings is 2. The number of hydrogen-bond acceptors (Lipinski definition) is 1. The first-order chi connectivity index (χ1) is 7.18. The Morgan fingerprint density at radius 3 is 1.47 bits per heavy atom. The summed E-state index contributed by atoms with van der Waals surface area (Å²) in [4.78, 5) is 1.02. The first-order valence-corrected chi connectivity index (χ1v) is 5.40. The van der Waals surface area contributed by atoms with Crippen LogP contribution < -0.4 is 0 Å². The van der Waals surface area contributed by atoms with Crippen LogP contribution in [0.4, 0.5) is 0 Å². The molecule has 15 heavy (non-hydrogen) atoms. The van der Waals surface area contributed by atoms with Gasteiger partial charge in [-0.25, -0.2) is 0 Å². The molecule has 0 radical (unpaired) electrons. The molecule has 0 saturated carbocycles. The highest BCUT2D eigenvalue weighted by Crippen LogP contribution is 2.05. The fourth-order valence-electron chi connectivity index (χ4n) is 1.08. The first kappa shape index (κ1) is 11.9. The maximum absolute atomic E-state index is 4.13. The van der Waals surface area contributed by atoms with E-state index < -0.39 is 0 Å². The Kier molecular flexibility index (Phi) is 4.99. The Morgan fingerprint density at radius 1 is 0.667 bits per heavy atom. The number of hydrogen-bond donors (Lipinski definition) is 1. The molecule has 1 heteroatoms. The van der Waals surface area contributed by atoms with Crippen LogP contribution in [-0.4, -0.2) is 0 Å². The third kappa shape index (κ3) is 5.28. The summed E-state index contributed by atoms with van der Waals surface area (Å²) in [6, 6.07) is 18.3. The summed E-state index contributed by atoms with van der Waals surface area (Å²) in [6.45, 7) is 4.15. The summed E-state index contributed by atoms with van der Waals surface area (Å²) in [5.41, 5.74) is 2.60. The molecule has 0 bridgehead atoms. The lowest BCUT2D eigenvalue weighted by Gasteiger charge is -1.89. The summed E-state index contributed by atoms with van der Waals surface area (Å²) < 4.78 is 0. The third-order valence-electron chi connectivity index (χ3n) is 1.97. The summed E-state index contributed by atoms with van der Waals surface area (Å²) in [5, 5.41) is 0. The van der Waals surface area contributed by atoms with Crippen molar-refractivity contribution in [1.29, 1.82) is 0 Å². The molecule has 0 aromatic heterocycles. The number of aryl methyl sites for hydroxylation is 2. The van der Waals surface area contributed by atoms with Crippen LogP contribution in [0.15, 0.2) is 59.5 Å². The highest BCUT2D eigenvalue weighted by atomic mass is 32.1. The van der Waals surface area contributed by atoms with Crippen molar-refractivity contribution in [1.82, 2.24) is 0 Å². The lowest BCUT2D eigenvalue weighted by Crippen LogP contribution is -1.67. The van der Waals surface area contributed by atoms with Crippen molar-refractivity contribution in [2.75, 3.05) is 0 Å². The van der Waals surface area contributed by atoms with Crippen LogP contribution >= 0.6 is 12.6 Å². The van der Waals surface area contributed by atoms with Crippen LogP contribution in [0.2, 0.25) is 0 Å². The van der Waals surface area contributed by atoms with Crippen molar-refractivity contribution < 1.29 is 0 Å². The molecule has 0 saturated heterocycles. The van der Waals surface area contributed by atoms with Gasteiger partial charge in [0.25, 0.3) is 0 Å². The molecule has 0 spiro atoms. The second kappa shape index (κ2) is 6.31. The van der Waals surface area contributed by atoms with E-state index in [1.54, 1.807) is 0 Å². The minimum absolute atomic E-state index is 1.02. The highest BCUT2D eigenvalue weighted by molar-refractivity contribution is 7.80. The van der Waals surface area contributed by atoms with Crippen molar-refractivity contribution in [2.24, 2.45) is 0 Å². The molecule has 0 aliphatic carbocycles. The van der Waals surface area contributed by atoms with Gasteiger partial charge in [-0.05, 0) is 26.0 Å². The van der Waals surface area contributed by atoms with Crippen LogP contribution in [-0.2, 0) is 0 Å². The van der Waals surface area contributed by atoms with E-state index in [0.717, 1.165) is 4.90 Å². The molecule has 78 valence electrons. The van der Waals surface area contributed by atoms with Gasteiger partial charge in [0.1, 0.15) is 0 Å². The zero-order valence-corrected chi connectivity index (χ0v) is 10.0. The van der Waals surface area contributed by atoms with Gasteiger partial charge in [0.15, 0.2) is 0 Å². The van der Waals surface area contributed by atoms with Gasteiger partial charge in [0, 0.05) is 4.90 Å². The Morgan fingerprint density at radius 2 is 1.13 bits per heavy atom. The van der Waals surface area contributed by atoms with Gasteiger partial charge >= 0.3 is 0 Å². The lowest BCUT2D eigenvalue weighted by molar-refractivity contribution is 1.39. The molecule has 2 aromatic rings. The molecular formula is C14H16S. The zero-order valence-electron chi connectivity index (χ0n) is 9.14. The predicted octanol–water partition coefficient (Wildman–Crippen LogP) is 4.28. The molecule has 0 fully saturated rings. The van der Waals surface area contributed by atoms with Gasteiger partial charge < -0.3 is 0 Å². The van der Waals surface area contributed by atoms with E-state index in [0.29, 0.717) is 0 Å². The SMILES string of the molecule is Cc1ccc(S)cc1.Cc1ccccc1. The van der Waals surface area contributed by atoms with Crippen LogP contribution in [0.1, 0.15) is 11.1 Å². The van der Waals surface area contributed by atoms with Crippen molar-refractivity contribution >= 4 is 12.6 Å². The topological polar surface area (TPSA) is 0 Å². The normalized spacial score (nSPS) is 9.00. The maximum atomic E-state index is 4.13. The maximum Gasteiger partial charge on any atom is 0.00401 e. The lowest BCUT2D eigenvalue weighted by atomic mass is 10.2. The summed E-state index contributed by atoms with van der Waals surface area (Å²) in [6.07, 6.45) is 0. The summed E-state index contributed by atoms with van der Waals surface area (Å²) in [5.74, 6) is 0. The van der Waals surface area contributed by atoms with Gasteiger partial charge in [-0.15, -0.1) is 12.6 Å². The van der Waals surface area contributed by atoms with Gasteiger partial charge in [-0.2, -0.15) is 0 Å². The number of thiol groups is 1. The van der Waals surface area contributed by atoms with Gasteiger partial charge in [-0.3, -0.25) is 0 Å². The molecule has 0 unspecified atom stereocenters. The molecular weight excluding hydrogens is 200 g/mol. The average molecular weight is 216 g/mol. The molecule has 0 aliphatic heterocycles. The van der Waals surface area contributed by atoms with E-state index in [2.05, 4.69) is 38.6 Å². The smallest absolute Gasteiger partial charge is 0.00401 e. The van der Waals surface area contributed by atoms with E-state index in [1.807, 2.05) is 42.5 Å². The van der Waals surface area contributed by atoms with Crippen LogP contribution in [0, 0.1) is 13.8 Å². The monoisotopic (exact) mass is 216 g/mol. The van der Waals surface area contributed by atoms with Crippen molar-refractivity contribution in [3.63, 3.8) is 0 Å². The second-order valence-electron chi connectivity index (χ2n) is 3.49. The van der Waals surface area contributed by atoms with Crippen LogP contribution in [0.3, 0.4) is 0 Å². The molecule has 2 aromatic carbocycles. The molecule has 0 atom stereocenters. The minimum atomic E-state index is 1.02. The third-order valence-corrected chi connectivity index (χ3v) is 2.27. The van der Waals surface area contributed by atoms with Gasteiger partial charge in [-0.1, -0.05) is 53.6 Å². The molecule has 0 aliphatic rings. The molecule has 2 rings (SSSR count). The van der Waals surface area contributed by atoms with E-state index in [1.165, 1.54) is 11.1 Å². The van der Waals surface area contributed by atoms with Crippen molar-refractivity contribution in [3.05, 3.63) is 65.7 Å². The minimum Gasteiger partial charge on any atom is -0.143 e. The summed E-state index contributed by atoms with van der Waals surface area (Å²) >= 11 is 4.13. The van der Waals surface area contributed by atoms with E-state index in [-0.39, 0.29) is 0 Å². The van der Waals surface area contributed by atoms with Crippen LogP contribution in [0.5, 0.6) is 0 Å². The Bertz CT molecular complexity index is 355. The van der Waals surface area contributed by atoms with E-state index in [4.69, 9.17) is 0 Å². The largest absolute Gasteiger partial charge is 0.143 e. The molecule has 0 heterocycles. The Hall–Kier alpha value is -1.21. The van der Waals surface area contributed by atoms with Crippen LogP contribution in [0.25, 0.3) is 0 Å². The van der Waals surface area contributed by atoms with Crippen molar-refractivity contribution in [2.45, 2.75) is 18.7 Å². The Labute approximate surface area is 97.4 Å². The standard InChI is InChI=1S/C7H8S.C7H8/c1-6-2-4-7(8)5-3-6;1-7-5-3-2-4-6-7/h2-5,8H,1H3;2-6H,1H3. The number of rotatable bonds is 0. The highest BCUT2D eigenvalue weighted by Gasteiger charge is 1.80. The zero-order chi connectivity index (χ0) is 11.1. The second-order valence-corrected chi connectivity index (χ2v) is 4.01. The molecule has 0 nitrogen and oxygen atoms in total.